The summed E-state index contributed by atoms with van der Waals surface area (Å²) in [4.78, 5) is 3.29. The molecule has 1 N–H and O–H groups in total. The van der Waals surface area contributed by atoms with Gasteiger partial charge in [-0.3, -0.25) is 0 Å². The number of aromatic nitrogens is 2. The highest BCUT2D eigenvalue weighted by molar-refractivity contribution is 9.10. The summed E-state index contributed by atoms with van der Waals surface area (Å²) >= 11 is 9.00. The van der Waals surface area contributed by atoms with Gasteiger partial charge in [-0.2, -0.15) is 0 Å². The average Bonchev–Trinajstić information content (AvgIpc) is 2.73. The number of aromatic amines is 1. The molecule has 1 heterocycles. The summed E-state index contributed by atoms with van der Waals surface area (Å²) in [6.07, 6.45) is 0. The molecule has 1 unspecified atom stereocenters. The number of nitrogens with one attached hydrogen (secondary N) is 1. The molecule has 0 amide bonds. The number of nitrogens with zero attached hydrogens (tertiary/aromatic N) is 1. The Balaban J connectivity index is 2.22. The number of fused-ring (bicyclic) bond motifs is 1. The first-order valence-electron chi connectivity index (χ1n) is 6.53. The predicted molar refractivity (Wildman–Crippen MR) is 89.8 cm³/mol. The van der Waals surface area contributed by atoms with Crippen molar-refractivity contribution in [1.29, 1.82) is 0 Å². The zero-order valence-corrected chi connectivity index (χ0v) is 13.8. The van der Waals surface area contributed by atoms with Gasteiger partial charge in [0.25, 0.3) is 0 Å². The van der Waals surface area contributed by atoms with Crippen molar-refractivity contribution in [3.8, 4) is 0 Å². The lowest BCUT2D eigenvalue weighted by molar-refractivity contribution is 0.645. The van der Waals surface area contributed by atoms with Crippen LogP contribution in [0.2, 0.25) is 0 Å². The van der Waals surface area contributed by atoms with Crippen molar-refractivity contribution < 1.29 is 0 Å². The molecule has 0 radical (unpaired) electrons. The first kappa shape index (κ1) is 13.6. The fourth-order valence-electron chi connectivity index (χ4n) is 2.68. The van der Waals surface area contributed by atoms with Gasteiger partial charge in [0.1, 0.15) is 0 Å². The largest absolute Gasteiger partial charge is 0.331 e. The second-order valence-corrected chi connectivity index (χ2v) is 6.30. The second kappa shape index (κ2) is 5.19. The lowest BCUT2D eigenvalue weighted by Gasteiger charge is -2.17. The fourth-order valence-corrected chi connectivity index (χ4v) is 3.41. The van der Waals surface area contributed by atoms with Gasteiger partial charge in [0, 0.05) is 4.47 Å². The summed E-state index contributed by atoms with van der Waals surface area (Å²) in [5.41, 5.74) is 4.78. The molecule has 0 spiro atoms. The number of H-pyrrole nitrogens is 1. The minimum Gasteiger partial charge on any atom is -0.331 e. The molecule has 0 aliphatic carbocycles. The van der Waals surface area contributed by atoms with Crippen LogP contribution in [0, 0.1) is 11.7 Å². The summed E-state index contributed by atoms with van der Waals surface area (Å²) in [5.74, 6) is 0. The van der Waals surface area contributed by atoms with Crippen LogP contribution in [0.5, 0.6) is 0 Å². The van der Waals surface area contributed by atoms with Crippen LogP contribution in [0.3, 0.4) is 0 Å². The van der Waals surface area contributed by atoms with Gasteiger partial charge in [0.15, 0.2) is 4.77 Å². The predicted octanol–water partition coefficient (Wildman–Crippen LogP) is 5.38. The number of aryl methyl sites for hydroxylation is 1. The molecule has 1 aromatic heterocycles. The molecule has 0 bridgehead atoms. The Kier molecular flexibility index (Phi) is 3.52. The number of benzene rings is 2. The Labute approximate surface area is 131 Å². The SMILES string of the molecule is Cc1ccccc1C(C)n1c(=S)[nH]c2cc(Br)ccc21. The van der Waals surface area contributed by atoms with Crippen LogP contribution < -0.4 is 0 Å². The van der Waals surface area contributed by atoms with E-state index >= 15 is 0 Å². The van der Waals surface area contributed by atoms with Gasteiger partial charge in [-0.05, 0) is 55.4 Å². The highest BCUT2D eigenvalue weighted by Gasteiger charge is 2.14. The molecule has 2 nitrogen and oxygen atoms in total. The highest BCUT2D eigenvalue weighted by atomic mass is 79.9. The highest BCUT2D eigenvalue weighted by Crippen LogP contribution is 2.27. The first-order chi connectivity index (χ1) is 9.58. The van der Waals surface area contributed by atoms with Gasteiger partial charge in [-0.15, -0.1) is 0 Å². The average molecular weight is 347 g/mol. The maximum Gasteiger partial charge on any atom is 0.178 e. The molecule has 0 fully saturated rings. The van der Waals surface area contributed by atoms with Gasteiger partial charge in [0.2, 0.25) is 0 Å². The molecular formula is C16H15BrN2S. The van der Waals surface area contributed by atoms with E-state index < -0.39 is 0 Å². The number of hydrogen-bond acceptors (Lipinski definition) is 1. The van der Waals surface area contributed by atoms with E-state index in [9.17, 15) is 0 Å². The van der Waals surface area contributed by atoms with Crippen LogP contribution in [0.1, 0.15) is 24.1 Å². The van der Waals surface area contributed by atoms with Crippen molar-refractivity contribution in [2.24, 2.45) is 0 Å². The van der Waals surface area contributed by atoms with Crippen molar-refractivity contribution in [3.63, 3.8) is 0 Å². The van der Waals surface area contributed by atoms with Crippen LogP contribution >= 0.6 is 28.1 Å². The molecule has 3 aromatic rings. The third-order valence-corrected chi connectivity index (χ3v) is 4.50. The smallest absolute Gasteiger partial charge is 0.178 e. The summed E-state index contributed by atoms with van der Waals surface area (Å²) in [5, 5.41) is 0. The lowest BCUT2D eigenvalue weighted by Crippen LogP contribution is -2.08. The zero-order valence-electron chi connectivity index (χ0n) is 11.4. The van der Waals surface area contributed by atoms with Crippen LogP contribution in [0.25, 0.3) is 11.0 Å². The Morgan fingerprint density at radius 1 is 1.20 bits per heavy atom. The van der Waals surface area contributed by atoms with E-state index in [1.807, 2.05) is 6.07 Å². The minimum atomic E-state index is 0.207. The van der Waals surface area contributed by atoms with Crippen molar-refractivity contribution in [1.82, 2.24) is 9.55 Å². The van der Waals surface area contributed by atoms with E-state index in [1.54, 1.807) is 0 Å². The van der Waals surface area contributed by atoms with E-state index in [2.05, 4.69) is 75.7 Å². The maximum absolute atomic E-state index is 5.51. The molecule has 0 saturated carbocycles. The van der Waals surface area contributed by atoms with Crippen LogP contribution in [0.4, 0.5) is 0 Å². The van der Waals surface area contributed by atoms with Crippen LogP contribution in [-0.4, -0.2) is 9.55 Å². The molecule has 0 aliphatic rings. The molecular weight excluding hydrogens is 332 g/mol. The Morgan fingerprint density at radius 3 is 2.70 bits per heavy atom. The molecule has 0 aliphatic heterocycles. The van der Waals surface area contributed by atoms with E-state index in [-0.39, 0.29) is 6.04 Å². The maximum atomic E-state index is 5.51. The Morgan fingerprint density at radius 2 is 1.95 bits per heavy atom. The zero-order chi connectivity index (χ0) is 14.3. The fraction of sp³-hybridized carbons (Fsp3) is 0.188. The standard InChI is InChI=1S/C16H15BrN2S/c1-10-5-3-4-6-13(10)11(2)19-15-8-7-12(17)9-14(15)18-16(19)20/h3-9,11H,1-2H3,(H,18,20). The number of halogens is 1. The lowest BCUT2D eigenvalue weighted by atomic mass is 10.0. The van der Waals surface area contributed by atoms with E-state index in [0.717, 1.165) is 20.3 Å². The van der Waals surface area contributed by atoms with Gasteiger partial charge in [-0.1, -0.05) is 40.2 Å². The third-order valence-electron chi connectivity index (χ3n) is 3.70. The van der Waals surface area contributed by atoms with Crippen LogP contribution in [0.15, 0.2) is 46.9 Å². The second-order valence-electron chi connectivity index (χ2n) is 4.99. The van der Waals surface area contributed by atoms with Crippen LogP contribution in [-0.2, 0) is 0 Å². The monoisotopic (exact) mass is 346 g/mol. The molecule has 0 saturated heterocycles. The van der Waals surface area contributed by atoms with Crippen molar-refractivity contribution in [3.05, 3.63) is 62.8 Å². The molecule has 1 atom stereocenters. The summed E-state index contributed by atoms with van der Waals surface area (Å²) in [6, 6.07) is 14.9. The van der Waals surface area contributed by atoms with E-state index in [0.29, 0.717) is 0 Å². The van der Waals surface area contributed by atoms with Crippen molar-refractivity contribution in [2.45, 2.75) is 19.9 Å². The Hall–Kier alpha value is -1.39. The van der Waals surface area contributed by atoms with Crippen molar-refractivity contribution >= 4 is 39.2 Å². The number of rotatable bonds is 2. The van der Waals surface area contributed by atoms with Gasteiger partial charge < -0.3 is 9.55 Å². The van der Waals surface area contributed by atoms with Crippen molar-refractivity contribution in [2.75, 3.05) is 0 Å². The number of imidazole rings is 1. The normalized spacial score (nSPS) is 12.8. The molecule has 4 heteroatoms. The van der Waals surface area contributed by atoms with E-state index in [4.69, 9.17) is 12.2 Å². The minimum absolute atomic E-state index is 0.207. The van der Waals surface area contributed by atoms with Gasteiger partial charge in [-0.25, -0.2) is 0 Å². The third kappa shape index (κ3) is 2.23. The first-order valence-corrected chi connectivity index (χ1v) is 7.73. The summed E-state index contributed by atoms with van der Waals surface area (Å²) < 4.78 is 3.99. The molecule has 3 rings (SSSR count). The summed E-state index contributed by atoms with van der Waals surface area (Å²) in [7, 11) is 0. The molecule has 20 heavy (non-hydrogen) atoms. The van der Waals surface area contributed by atoms with Gasteiger partial charge >= 0.3 is 0 Å². The summed E-state index contributed by atoms with van der Waals surface area (Å²) in [6.45, 7) is 4.33. The van der Waals surface area contributed by atoms with E-state index in [1.165, 1.54) is 11.1 Å². The van der Waals surface area contributed by atoms with Gasteiger partial charge in [0.05, 0.1) is 17.1 Å². The number of hydrogen-bond donors (Lipinski definition) is 1. The quantitative estimate of drug-likeness (QED) is 0.617. The Bertz CT molecular complexity index is 832. The molecule has 102 valence electrons. The molecule has 2 aromatic carbocycles. The topological polar surface area (TPSA) is 20.7 Å².